The number of fused-ring (bicyclic) bond motifs is 1. The van der Waals surface area contributed by atoms with E-state index in [2.05, 4.69) is 4.98 Å². The van der Waals surface area contributed by atoms with Crippen LogP contribution in [-0.2, 0) is 21.1 Å². The molecule has 1 saturated carbocycles. The van der Waals surface area contributed by atoms with Gasteiger partial charge in [-0.15, -0.1) is 0 Å². The van der Waals surface area contributed by atoms with Crippen molar-refractivity contribution in [3.05, 3.63) is 41.6 Å². The molecule has 0 saturated heterocycles. The summed E-state index contributed by atoms with van der Waals surface area (Å²) in [6.45, 7) is 7.25. The highest BCUT2D eigenvalue weighted by molar-refractivity contribution is 7.92. The van der Waals surface area contributed by atoms with Crippen LogP contribution in [0.2, 0.25) is 0 Å². The van der Waals surface area contributed by atoms with E-state index in [0.29, 0.717) is 6.42 Å². The summed E-state index contributed by atoms with van der Waals surface area (Å²) in [6, 6.07) is 9.97. The maximum absolute atomic E-state index is 12.9. The molecule has 1 aromatic heterocycles. The van der Waals surface area contributed by atoms with Gasteiger partial charge in [0, 0.05) is 23.4 Å². The predicted octanol–water partition coefficient (Wildman–Crippen LogP) is 4.67. The first-order valence-electron chi connectivity index (χ1n) is 10.2. The molecule has 1 fully saturated rings. The molecule has 1 aliphatic carbocycles. The Balaban J connectivity index is 1.64. The van der Waals surface area contributed by atoms with Gasteiger partial charge in [0.05, 0.1) is 16.0 Å². The molecule has 1 heterocycles. The van der Waals surface area contributed by atoms with Gasteiger partial charge in [-0.25, -0.2) is 8.42 Å². The van der Waals surface area contributed by atoms with Crippen molar-refractivity contribution in [1.29, 1.82) is 0 Å². The first-order valence-corrected chi connectivity index (χ1v) is 11.8. The van der Waals surface area contributed by atoms with Gasteiger partial charge in [-0.05, 0) is 77.0 Å². The number of ketones is 1. The topological polar surface area (TPSA) is 64.1 Å². The van der Waals surface area contributed by atoms with Crippen molar-refractivity contribution in [2.75, 3.05) is 5.75 Å². The lowest BCUT2D eigenvalue weighted by Gasteiger charge is -2.30. The fourth-order valence-corrected chi connectivity index (χ4v) is 5.54. The molecule has 152 valence electrons. The Bertz CT molecular complexity index is 965. The molecule has 28 heavy (non-hydrogen) atoms. The average Bonchev–Trinajstić information content (AvgIpc) is 2.61. The molecule has 3 rings (SSSR count). The number of Topliss-reactive ketones (excluding diaryl/α,β-unsaturated/α-hetero) is 1. The van der Waals surface area contributed by atoms with Crippen molar-refractivity contribution in [1.82, 2.24) is 4.98 Å². The maximum Gasteiger partial charge on any atom is 0.155 e. The SMILES string of the molecule is Cc1cc(CC(=O)C2CCC(CS(=O)(=O)C(C)(C)C)CC2)c2ccccc2n1. The van der Waals surface area contributed by atoms with Crippen LogP contribution >= 0.6 is 0 Å². The summed E-state index contributed by atoms with van der Waals surface area (Å²) in [5.41, 5.74) is 2.91. The van der Waals surface area contributed by atoms with Gasteiger partial charge in [-0.2, -0.15) is 0 Å². The first kappa shape index (κ1) is 21.0. The van der Waals surface area contributed by atoms with E-state index in [4.69, 9.17) is 0 Å². The number of nitrogens with zero attached hydrogens (tertiary/aromatic N) is 1. The normalized spacial score (nSPS) is 21.0. The summed E-state index contributed by atoms with van der Waals surface area (Å²) in [7, 11) is -3.10. The van der Waals surface area contributed by atoms with Crippen molar-refractivity contribution < 1.29 is 13.2 Å². The Kier molecular flexibility index (Phi) is 5.95. The minimum Gasteiger partial charge on any atom is -0.299 e. The number of aromatic nitrogens is 1. The third kappa shape index (κ3) is 4.62. The van der Waals surface area contributed by atoms with Crippen LogP contribution in [0.25, 0.3) is 10.9 Å². The van der Waals surface area contributed by atoms with Crippen LogP contribution in [0.4, 0.5) is 0 Å². The second kappa shape index (κ2) is 7.94. The van der Waals surface area contributed by atoms with Crippen LogP contribution < -0.4 is 0 Å². The van der Waals surface area contributed by atoms with Crippen LogP contribution in [0.15, 0.2) is 30.3 Å². The number of para-hydroxylation sites is 1. The van der Waals surface area contributed by atoms with Crippen molar-refractivity contribution >= 4 is 26.5 Å². The second-order valence-corrected chi connectivity index (χ2v) is 12.0. The van der Waals surface area contributed by atoms with E-state index in [0.717, 1.165) is 47.8 Å². The van der Waals surface area contributed by atoms with E-state index < -0.39 is 14.6 Å². The number of carbonyl (C=O) groups is 1. The molecule has 0 radical (unpaired) electrons. The van der Waals surface area contributed by atoms with Crippen molar-refractivity contribution in [2.45, 2.75) is 64.5 Å². The standard InChI is InChI=1S/C23H31NO3S/c1-16-13-19(20-7-5-6-8-21(20)24-16)14-22(25)18-11-9-17(10-12-18)15-28(26,27)23(2,3)4/h5-8,13,17-18H,9-12,14-15H2,1-4H3. The Morgan fingerprint density at radius 1 is 1.11 bits per heavy atom. The molecule has 0 aliphatic heterocycles. The quantitative estimate of drug-likeness (QED) is 0.730. The molecule has 0 atom stereocenters. The summed E-state index contributed by atoms with van der Waals surface area (Å²) in [4.78, 5) is 17.5. The van der Waals surface area contributed by atoms with Crippen LogP contribution in [0.3, 0.4) is 0 Å². The number of sulfone groups is 1. The zero-order valence-corrected chi connectivity index (χ0v) is 18.2. The summed E-state index contributed by atoms with van der Waals surface area (Å²) in [6.07, 6.45) is 3.67. The van der Waals surface area contributed by atoms with E-state index in [-0.39, 0.29) is 23.4 Å². The van der Waals surface area contributed by atoms with Crippen LogP contribution in [0, 0.1) is 18.8 Å². The van der Waals surface area contributed by atoms with Crippen LogP contribution in [0.5, 0.6) is 0 Å². The fourth-order valence-electron chi connectivity index (χ4n) is 4.08. The lowest BCUT2D eigenvalue weighted by atomic mass is 9.79. The smallest absolute Gasteiger partial charge is 0.155 e. The van der Waals surface area contributed by atoms with E-state index in [1.807, 2.05) is 37.3 Å². The molecule has 2 aromatic rings. The molecule has 4 nitrogen and oxygen atoms in total. The molecule has 5 heteroatoms. The summed E-state index contributed by atoms with van der Waals surface area (Å²) >= 11 is 0. The van der Waals surface area contributed by atoms with Crippen molar-refractivity contribution in [3.8, 4) is 0 Å². The highest BCUT2D eigenvalue weighted by Crippen LogP contribution is 2.33. The molecule has 1 aliphatic rings. The Labute approximate surface area is 168 Å². The van der Waals surface area contributed by atoms with Gasteiger partial charge in [0.1, 0.15) is 5.78 Å². The summed E-state index contributed by atoms with van der Waals surface area (Å²) in [5.74, 6) is 0.733. The number of hydrogen-bond acceptors (Lipinski definition) is 4. The molecule has 1 aromatic carbocycles. The number of benzene rings is 1. The Morgan fingerprint density at radius 2 is 1.75 bits per heavy atom. The number of rotatable bonds is 5. The number of aryl methyl sites for hydroxylation is 1. The number of carbonyl (C=O) groups excluding carboxylic acids is 1. The maximum atomic E-state index is 12.9. The monoisotopic (exact) mass is 401 g/mol. The van der Waals surface area contributed by atoms with Crippen LogP contribution in [-0.4, -0.2) is 29.7 Å². The minimum absolute atomic E-state index is 0.0424. The van der Waals surface area contributed by atoms with Gasteiger partial charge in [-0.1, -0.05) is 18.2 Å². The van der Waals surface area contributed by atoms with Crippen LogP contribution in [0.1, 0.15) is 57.7 Å². The zero-order valence-electron chi connectivity index (χ0n) is 17.4. The van der Waals surface area contributed by atoms with Gasteiger partial charge in [0.15, 0.2) is 9.84 Å². The highest BCUT2D eigenvalue weighted by Gasteiger charge is 2.34. The van der Waals surface area contributed by atoms with E-state index in [9.17, 15) is 13.2 Å². The first-order chi connectivity index (χ1) is 13.1. The van der Waals surface area contributed by atoms with Gasteiger partial charge in [-0.3, -0.25) is 9.78 Å². The lowest BCUT2D eigenvalue weighted by molar-refractivity contribution is -0.123. The minimum atomic E-state index is -3.10. The van der Waals surface area contributed by atoms with Crippen molar-refractivity contribution in [3.63, 3.8) is 0 Å². The highest BCUT2D eigenvalue weighted by atomic mass is 32.2. The third-order valence-electron chi connectivity index (χ3n) is 5.98. The lowest BCUT2D eigenvalue weighted by Crippen LogP contribution is -2.35. The molecule has 0 bridgehead atoms. The van der Waals surface area contributed by atoms with E-state index >= 15 is 0 Å². The van der Waals surface area contributed by atoms with Gasteiger partial charge in [0.25, 0.3) is 0 Å². The molecule has 0 spiro atoms. The zero-order chi connectivity index (χ0) is 20.5. The summed E-state index contributed by atoms with van der Waals surface area (Å²) in [5, 5.41) is 1.05. The molecule has 0 N–H and O–H groups in total. The van der Waals surface area contributed by atoms with E-state index in [1.165, 1.54) is 0 Å². The van der Waals surface area contributed by atoms with E-state index in [1.54, 1.807) is 20.8 Å². The Morgan fingerprint density at radius 3 is 2.39 bits per heavy atom. The van der Waals surface area contributed by atoms with Gasteiger partial charge >= 0.3 is 0 Å². The Hall–Kier alpha value is -1.75. The van der Waals surface area contributed by atoms with Gasteiger partial charge in [0.2, 0.25) is 0 Å². The predicted molar refractivity (Wildman–Crippen MR) is 114 cm³/mol. The molecular formula is C23H31NO3S. The molecular weight excluding hydrogens is 370 g/mol. The fraction of sp³-hybridized carbons (Fsp3) is 0.565. The average molecular weight is 402 g/mol. The number of hydrogen-bond donors (Lipinski definition) is 0. The van der Waals surface area contributed by atoms with Gasteiger partial charge < -0.3 is 0 Å². The number of pyridine rings is 1. The molecule has 0 unspecified atom stereocenters. The third-order valence-corrected chi connectivity index (χ3v) is 8.76. The molecule has 0 amide bonds. The van der Waals surface area contributed by atoms with Crippen molar-refractivity contribution in [2.24, 2.45) is 11.8 Å². The summed E-state index contributed by atoms with van der Waals surface area (Å²) < 4.78 is 24.2. The largest absolute Gasteiger partial charge is 0.299 e. The second-order valence-electron chi connectivity index (χ2n) is 9.19.